The molecule has 1 fully saturated rings. The summed E-state index contributed by atoms with van der Waals surface area (Å²) >= 11 is 0. The molecule has 18 heavy (non-hydrogen) atoms. The van der Waals surface area contributed by atoms with E-state index in [4.69, 9.17) is 0 Å². The van der Waals surface area contributed by atoms with Crippen LogP contribution < -0.4 is 0 Å². The van der Waals surface area contributed by atoms with Gasteiger partial charge in [0.25, 0.3) is 0 Å². The summed E-state index contributed by atoms with van der Waals surface area (Å²) in [6, 6.07) is 0. The Bertz CT molecular complexity index is 280. The maximum atomic E-state index is 11.5. The van der Waals surface area contributed by atoms with Crippen molar-refractivity contribution in [2.45, 2.75) is 59.8 Å². The van der Waals surface area contributed by atoms with E-state index in [9.17, 15) is 9.90 Å². The Morgan fingerprint density at radius 3 is 2.11 bits per heavy atom. The quantitative estimate of drug-likeness (QED) is 0.758. The van der Waals surface area contributed by atoms with Crippen molar-refractivity contribution < 1.29 is 9.90 Å². The predicted molar refractivity (Wildman–Crippen MR) is 74.7 cm³/mol. The minimum absolute atomic E-state index is 0.436. The molecule has 1 rings (SSSR count). The SMILES string of the molecule is CCC1(CC)CCN(CC(CC)(CC)C(=O)O)C1. The number of carboxylic acid groups (broad SMARTS) is 1. The Labute approximate surface area is 112 Å². The van der Waals surface area contributed by atoms with Crippen LogP contribution in [0.3, 0.4) is 0 Å². The molecule has 0 bridgehead atoms. The molecule has 1 saturated heterocycles. The normalized spacial score (nSPS) is 20.2. The highest BCUT2D eigenvalue weighted by atomic mass is 16.4. The summed E-state index contributed by atoms with van der Waals surface area (Å²) in [7, 11) is 0. The van der Waals surface area contributed by atoms with E-state index in [1.807, 2.05) is 13.8 Å². The highest BCUT2D eigenvalue weighted by molar-refractivity contribution is 5.74. The first-order valence-corrected chi connectivity index (χ1v) is 7.43. The highest BCUT2D eigenvalue weighted by Gasteiger charge is 2.41. The second kappa shape index (κ2) is 6.05. The lowest BCUT2D eigenvalue weighted by atomic mass is 9.80. The first kappa shape index (κ1) is 15.5. The Hall–Kier alpha value is -0.570. The van der Waals surface area contributed by atoms with Crippen molar-refractivity contribution in [3.8, 4) is 0 Å². The van der Waals surface area contributed by atoms with E-state index in [1.54, 1.807) is 0 Å². The zero-order chi connectivity index (χ0) is 13.8. The lowest BCUT2D eigenvalue weighted by Crippen LogP contribution is -2.42. The molecule has 0 unspecified atom stereocenters. The summed E-state index contributed by atoms with van der Waals surface area (Å²) in [5.41, 5.74) is -0.108. The Morgan fingerprint density at radius 1 is 1.22 bits per heavy atom. The number of hydrogen-bond donors (Lipinski definition) is 1. The van der Waals surface area contributed by atoms with Crippen LogP contribution in [-0.2, 0) is 4.79 Å². The Morgan fingerprint density at radius 2 is 1.78 bits per heavy atom. The average molecular weight is 255 g/mol. The van der Waals surface area contributed by atoms with Gasteiger partial charge in [-0.3, -0.25) is 4.79 Å². The Balaban J connectivity index is 2.71. The molecule has 0 amide bonds. The summed E-state index contributed by atoms with van der Waals surface area (Å²) in [4.78, 5) is 13.9. The summed E-state index contributed by atoms with van der Waals surface area (Å²) in [6.45, 7) is 11.4. The number of rotatable bonds is 7. The van der Waals surface area contributed by atoms with E-state index >= 15 is 0 Å². The van der Waals surface area contributed by atoms with Crippen LogP contribution in [0.4, 0.5) is 0 Å². The number of nitrogens with zero attached hydrogens (tertiary/aromatic N) is 1. The second-order valence-electron chi connectivity index (χ2n) is 5.96. The maximum absolute atomic E-state index is 11.5. The maximum Gasteiger partial charge on any atom is 0.310 e. The number of carboxylic acids is 1. The zero-order valence-electron chi connectivity index (χ0n) is 12.5. The standard InChI is InChI=1S/C15H29NO2/c1-5-14(6-2)9-10-16(11-14)12-15(7-3,8-4)13(17)18/h5-12H2,1-4H3,(H,17,18). The molecule has 1 aliphatic rings. The summed E-state index contributed by atoms with van der Waals surface area (Å²) in [5.74, 6) is -0.627. The van der Waals surface area contributed by atoms with Crippen molar-refractivity contribution in [3.05, 3.63) is 0 Å². The van der Waals surface area contributed by atoms with E-state index in [1.165, 1.54) is 19.3 Å². The second-order valence-corrected chi connectivity index (χ2v) is 5.96. The summed E-state index contributed by atoms with van der Waals surface area (Å²) < 4.78 is 0. The Kier molecular flexibility index (Phi) is 5.20. The van der Waals surface area contributed by atoms with E-state index < -0.39 is 11.4 Å². The fourth-order valence-corrected chi connectivity index (χ4v) is 3.26. The minimum atomic E-state index is -0.627. The molecule has 1 aliphatic heterocycles. The van der Waals surface area contributed by atoms with Gasteiger partial charge in [0.15, 0.2) is 0 Å². The minimum Gasteiger partial charge on any atom is -0.481 e. The fraction of sp³-hybridized carbons (Fsp3) is 0.933. The predicted octanol–water partition coefficient (Wildman–Crippen LogP) is 3.39. The van der Waals surface area contributed by atoms with Gasteiger partial charge >= 0.3 is 5.97 Å². The molecule has 0 aromatic rings. The fourth-order valence-electron chi connectivity index (χ4n) is 3.26. The van der Waals surface area contributed by atoms with Crippen molar-refractivity contribution in [2.24, 2.45) is 10.8 Å². The van der Waals surface area contributed by atoms with Gasteiger partial charge in [0.05, 0.1) is 5.41 Å². The van der Waals surface area contributed by atoms with Gasteiger partial charge in [0.1, 0.15) is 0 Å². The lowest BCUT2D eigenvalue weighted by Gasteiger charge is -2.33. The topological polar surface area (TPSA) is 40.5 Å². The van der Waals surface area contributed by atoms with Gasteiger partial charge < -0.3 is 10.0 Å². The van der Waals surface area contributed by atoms with Crippen LogP contribution in [0.5, 0.6) is 0 Å². The van der Waals surface area contributed by atoms with Crippen LogP contribution in [0.15, 0.2) is 0 Å². The van der Waals surface area contributed by atoms with E-state index in [0.29, 0.717) is 5.41 Å². The van der Waals surface area contributed by atoms with Crippen LogP contribution in [-0.4, -0.2) is 35.6 Å². The third-order valence-corrected chi connectivity index (χ3v) is 5.35. The van der Waals surface area contributed by atoms with E-state index in [-0.39, 0.29) is 0 Å². The molecule has 3 nitrogen and oxygen atoms in total. The van der Waals surface area contributed by atoms with Gasteiger partial charge in [-0.2, -0.15) is 0 Å². The van der Waals surface area contributed by atoms with Crippen LogP contribution in [0.25, 0.3) is 0 Å². The van der Waals surface area contributed by atoms with Crippen LogP contribution in [0.2, 0.25) is 0 Å². The van der Waals surface area contributed by atoms with Gasteiger partial charge in [0.2, 0.25) is 0 Å². The highest BCUT2D eigenvalue weighted by Crippen LogP contribution is 2.39. The molecule has 0 aromatic carbocycles. The van der Waals surface area contributed by atoms with Gasteiger partial charge in [-0.25, -0.2) is 0 Å². The van der Waals surface area contributed by atoms with Crippen molar-refractivity contribution >= 4 is 5.97 Å². The monoisotopic (exact) mass is 255 g/mol. The van der Waals surface area contributed by atoms with Crippen molar-refractivity contribution in [2.75, 3.05) is 19.6 Å². The van der Waals surface area contributed by atoms with Crippen LogP contribution in [0.1, 0.15) is 59.8 Å². The molecule has 0 saturated carbocycles. The third kappa shape index (κ3) is 2.87. The lowest BCUT2D eigenvalue weighted by molar-refractivity contribution is -0.150. The molecular formula is C15H29NO2. The summed E-state index contributed by atoms with van der Waals surface area (Å²) in [6.07, 6.45) is 5.08. The molecule has 0 atom stereocenters. The molecule has 1 heterocycles. The zero-order valence-corrected chi connectivity index (χ0v) is 12.5. The van der Waals surface area contributed by atoms with Crippen molar-refractivity contribution in [1.82, 2.24) is 4.90 Å². The van der Waals surface area contributed by atoms with Gasteiger partial charge in [-0.15, -0.1) is 0 Å². The molecule has 0 radical (unpaired) electrons. The van der Waals surface area contributed by atoms with Crippen molar-refractivity contribution in [1.29, 1.82) is 0 Å². The molecule has 106 valence electrons. The van der Waals surface area contributed by atoms with Crippen LogP contribution in [0, 0.1) is 10.8 Å². The number of aliphatic carboxylic acids is 1. The number of hydrogen-bond acceptors (Lipinski definition) is 2. The third-order valence-electron chi connectivity index (χ3n) is 5.35. The number of carbonyl (C=O) groups is 1. The molecular weight excluding hydrogens is 226 g/mol. The largest absolute Gasteiger partial charge is 0.481 e. The van der Waals surface area contributed by atoms with Gasteiger partial charge in [0, 0.05) is 13.1 Å². The summed E-state index contributed by atoms with van der Waals surface area (Å²) in [5, 5.41) is 9.50. The molecule has 1 N–H and O–H groups in total. The smallest absolute Gasteiger partial charge is 0.310 e. The van der Waals surface area contributed by atoms with E-state index in [0.717, 1.165) is 32.5 Å². The van der Waals surface area contributed by atoms with Crippen molar-refractivity contribution in [3.63, 3.8) is 0 Å². The molecule has 3 heteroatoms. The van der Waals surface area contributed by atoms with Gasteiger partial charge in [-0.1, -0.05) is 27.7 Å². The first-order chi connectivity index (χ1) is 8.47. The first-order valence-electron chi connectivity index (χ1n) is 7.43. The molecule has 0 aromatic heterocycles. The molecule has 0 spiro atoms. The van der Waals surface area contributed by atoms with Crippen LogP contribution >= 0.6 is 0 Å². The number of likely N-dealkylation sites (tertiary alicyclic amines) is 1. The van der Waals surface area contributed by atoms with E-state index in [2.05, 4.69) is 18.7 Å². The van der Waals surface area contributed by atoms with Gasteiger partial charge in [-0.05, 0) is 44.1 Å². The molecule has 0 aliphatic carbocycles. The average Bonchev–Trinajstić information content (AvgIpc) is 2.79.